The minimum atomic E-state index is -0.426. The number of carbonyl (C=O) groups is 2. The Morgan fingerprint density at radius 2 is 1.36 bits per heavy atom. The van der Waals surface area contributed by atoms with E-state index in [0.29, 0.717) is 19.3 Å². The molecule has 0 aromatic heterocycles. The fourth-order valence-electron chi connectivity index (χ4n) is 5.46. The molecular weight excluding hydrogens is 356 g/mol. The first-order chi connectivity index (χ1) is 13.7. The highest BCUT2D eigenvalue weighted by Crippen LogP contribution is 2.34. The predicted octanol–water partition coefficient (Wildman–Crippen LogP) is 3.00. The van der Waals surface area contributed by atoms with Gasteiger partial charge in [-0.3, -0.25) is 9.59 Å². The molecule has 4 fully saturated rings. The number of nitrogens with one attached hydrogen (secondary N) is 1. The van der Waals surface area contributed by atoms with Crippen LogP contribution in [-0.4, -0.2) is 54.8 Å². The molecule has 6 heteroatoms. The van der Waals surface area contributed by atoms with Gasteiger partial charge in [-0.2, -0.15) is 0 Å². The highest BCUT2D eigenvalue weighted by Gasteiger charge is 2.42. The quantitative estimate of drug-likeness (QED) is 0.750. The van der Waals surface area contributed by atoms with Gasteiger partial charge in [-0.15, -0.1) is 0 Å². The highest BCUT2D eigenvalue weighted by atomic mass is 16.7. The number of rotatable bonds is 3. The van der Waals surface area contributed by atoms with Gasteiger partial charge >= 0.3 is 0 Å². The molecule has 4 aliphatic rings. The van der Waals surface area contributed by atoms with Gasteiger partial charge in [0.2, 0.25) is 11.8 Å². The molecule has 4 rings (SSSR count). The number of amides is 2. The maximum Gasteiger partial charge on any atom is 0.225 e. The van der Waals surface area contributed by atoms with Crippen molar-refractivity contribution in [3.63, 3.8) is 0 Å². The lowest BCUT2D eigenvalue weighted by molar-refractivity contribution is -0.188. The van der Waals surface area contributed by atoms with Crippen LogP contribution < -0.4 is 5.32 Å². The Kier molecular flexibility index (Phi) is 6.56. The Labute approximate surface area is 168 Å². The summed E-state index contributed by atoms with van der Waals surface area (Å²) in [5.41, 5.74) is 0. The molecule has 2 amide bonds. The van der Waals surface area contributed by atoms with E-state index in [4.69, 9.17) is 9.47 Å². The van der Waals surface area contributed by atoms with Crippen molar-refractivity contribution in [1.82, 2.24) is 10.2 Å². The van der Waals surface area contributed by atoms with Crippen molar-refractivity contribution >= 4 is 11.8 Å². The monoisotopic (exact) mass is 392 g/mol. The maximum absolute atomic E-state index is 12.9. The second kappa shape index (κ2) is 9.12. The molecule has 6 nitrogen and oxygen atoms in total. The Hall–Kier alpha value is -1.14. The summed E-state index contributed by atoms with van der Waals surface area (Å²) in [5.74, 6) is 0.257. The number of piperidine rings is 1. The highest BCUT2D eigenvalue weighted by molar-refractivity contribution is 5.81. The van der Waals surface area contributed by atoms with E-state index >= 15 is 0 Å². The van der Waals surface area contributed by atoms with Crippen LogP contribution in [0.5, 0.6) is 0 Å². The van der Waals surface area contributed by atoms with Gasteiger partial charge in [0.25, 0.3) is 0 Å². The molecule has 2 saturated carbocycles. The molecule has 28 heavy (non-hydrogen) atoms. The number of carbonyl (C=O) groups excluding carboxylic acids is 2. The number of ether oxygens (including phenoxy) is 2. The van der Waals surface area contributed by atoms with E-state index in [1.807, 2.05) is 4.90 Å². The van der Waals surface area contributed by atoms with Gasteiger partial charge in [-0.1, -0.05) is 25.7 Å². The van der Waals surface area contributed by atoms with Crippen molar-refractivity contribution in [2.45, 2.75) is 88.9 Å². The Morgan fingerprint density at radius 3 is 1.96 bits per heavy atom. The maximum atomic E-state index is 12.9. The summed E-state index contributed by atoms with van der Waals surface area (Å²) >= 11 is 0. The van der Waals surface area contributed by atoms with Crippen molar-refractivity contribution in [3.05, 3.63) is 0 Å². The molecule has 1 spiro atoms. The number of nitrogens with zero attached hydrogens (tertiary/aromatic N) is 1. The largest absolute Gasteiger partial charge is 0.353 e. The fraction of sp³-hybridized carbons (Fsp3) is 0.909. The van der Waals surface area contributed by atoms with E-state index in [1.165, 1.54) is 25.7 Å². The van der Waals surface area contributed by atoms with Crippen LogP contribution in [0.2, 0.25) is 0 Å². The SMILES string of the molecule is O=C(NC1CCCCCC1)C1CCC(C(=O)N2CCC3(CC2)OCCO3)CC1. The molecule has 0 aromatic carbocycles. The van der Waals surface area contributed by atoms with E-state index in [2.05, 4.69) is 5.32 Å². The molecule has 2 aliphatic carbocycles. The molecule has 0 bridgehead atoms. The van der Waals surface area contributed by atoms with Gasteiger partial charge in [0.05, 0.1) is 13.2 Å². The van der Waals surface area contributed by atoms with E-state index in [0.717, 1.165) is 64.5 Å². The van der Waals surface area contributed by atoms with Crippen LogP contribution in [0.1, 0.15) is 77.0 Å². The first-order valence-corrected chi connectivity index (χ1v) is 11.5. The van der Waals surface area contributed by atoms with Gasteiger partial charge in [-0.25, -0.2) is 0 Å². The predicted molar refractivity (Wildman–Crippen MR) is 106 cm³/mol. The molecule has 0 aromatic rings. The van der Waals surface area contributed by atoms with Crippen LogP contribution in [0.15, 0.2) is 0 Å². The van der Waals surface area contributed by atoms with Crippen molar-refractivity contribution in [2.24, 2.45) is 11.8 Å². The number of likely N-dealkylation sites (tertiary alicyclic amines) is 1. The molecule has 2 saturated heterocycles. The van der Waals surface area contributed by atoms with E-state index in [9.17, 15) is 9.59 Å². The van der Waals surface area contributed by atoms with Crippen molar-refractivity contribution in [3.8, 4) is 0 Å². The molecule has 2 aliphatic heterocycles. The third kappa shape index (κ3) is 4.70. The normalized spacial score (nSPS) is 31.5. The van der Waals surface area contributed by atoms with Crippen LogP contribution in [0, 0.1) is 11.8 Å². The van der Waals surface area contributed by atoms with Crippen LogP contribution in [0.4, 0.5) is 0 Å². The Morgan fingerprint density at radius 1 is 0.786 bits per heavy atom. The zero-order valence-corrected chi connectivity index (χ0v) is 17.1. The van der Waals surface area contributed by atoms with Crippen molar-refractivity contribution < 1.29 is 19.1 Å². The van der Waals surface area contributed by atoms with Crippen LogP contribution in [-0.2, 0) is 19.1 Å². The van der Waals surface area contributed by atoms with E-state index in [1.54, 1.807) is 0 Å². The Balaban J connectivity index is 1.20. The van der Waals surface area contributed by atoms with Crippen molar-refractivity contribution in [2.75, 3.05) is 26.3 Å². The lowest BCUT2D eigenvalue weighted by atomic mass is 9.80. The summed E-state index contributed by atoms with van der Waals surface area (Å²) in [7, 11) is 0. The first kappa shape index (κ1) is 20.1. The van der Waals surface area contributed by atoms with E-state index in [-0.39, 0.29) is 23.7 Å². The zero-order chi connectivity index (χ0) is 19.4. The van der Waals surface area contributed by atoms with Crippen LogP contribution in [0.3, 0.4) is 0 Å². The summed E-state index contributed by atoms with van der Waals surface area (Å²) < 4.78 is 11.5. The summed E-state index contributed by atoms with van der Waals surface area (Å²) in [6.45, 7) is 2.78. The first-order valence-electron chi connectivity index (χ1n) is 11.5. The van der Waals surface area contributed by atoms with Gasteiger partial charge in [0, 0.05) is 43.8 Å². The third-order valence-electron chi connectivity index (χ3n) is 7.30. The Bertz CT molecular complexity index is 535. The second-order valence-corrected chi connectivity index (χ2v) is 9.18. The van der Waals surface area contributed by atoms with Crippen LogP contribution >= 0.6 is 0 Å². The van der Waals surface area contributed by atoms with Crippen molar-refractivity contribution in [1.29, 1.82) is 0 Å². The average molecular weight is 393 g/mol. The molecule has 158 valence electrons. The van der Waals surface area contributed by atoms with Gasteiger partial charge in [0.15, 0.2) is 5.79 Å². The molecule has 2 heterocycles. The average Bonchev–Trinajstić information content (AvgIpc) is 3.02. The summed E-state index contributed by atoms with van der Waals surface area (Å²) in [5, 5.41) is 3.30. The third-order valence-corrected chi connectivity index (χ3v) is 7.30. The fourth-order valence-corrected chi connectivity index (χ4v) is 5.46. The molecule has 0 unspecified atom stereocenters. The van der Waals surface area contributed by atoms with Gasteiger partial charge < -0.3 is 19.7 Å². The summed E-state index contributed by atoms with van der Waals surface area (Å²) in [6, 6.07) is 0.370. The van der Waals surface area contributed by atoms with Gasteiger partial charge in [-0.05, 0) is 38.5 Å². The minimum absolute atomic E-state index is 0.0846. The molecule has 0 radical (unpaired) electrons. The van der Waals surface area contributed by atoms with E-state index < -0.39 is 5.79 Å². The smallest absolute Gasteiger partial charge is 0.225 e. The lowest BCUT2D eigenvalue weighted by Crippen LogP contribution is -2.49. The summed E-state index contributed by atoms with van der Waals surface area (Å²) in [6.07, 6.45) is 12.3. The van der Waals surface area contributed by atoms with Gasteiger partial charge in [0.1, 0.15) is 0 Å². The number of hydrogen-bond acceptors (Lipinski definition) is 4. The van der Waals surface area contributed by atoms with Crippen LogP contribution in [0.25, 0.3) is 0 Å². The molecular formula is C22H36N2O4. The molecule has 1 N–H and O–H groups in total. The zero-order valence-electron chi connectivity index (χ0n) is 17.1. The molecule has 0 atom stereocenters. The second-order valence-electron chi connectivity index (χ2n) is 9.18. The standard InChI is InChI=1S/C22H36N2O4/c25-20(23-19-5-3-1-2-4-6-19)17-7-9-18(10-8-17)21(26)24-13-11-22(12-14-24)27-15-16-28-22/h17-19H,1-16H2,(H,23,25). The minimum Gasteiger partial charge on any atom is -0.353 e. The lowest BCUT2D eigenvalue weighted by Gasteiger charge is -2.39. The summed E-state index contributed by atoms with van der Waals surface area (Å²) in [4.78, 5) is 27.6. The number of hydrogen-bond donors (Lipinski definition) is 1. The topological polar surface area (TPSA) is 67.9 Å².